The third-order valence-corrected chi connectivity index (χ3v) is 3.72. The van der Waals surface area contributed by atoms with Crippen LogP contribution in [0.25, 0.3) is 0 Å². The van der Waals surface area contributed by atoms with Crippen molar-refractivity contribution in [2.24, 2.45) is 5.10 Å². The smallest absolute Gasteiger partial charge is 0.277 e. The summed E-state index contributed by atoms with van der Waals surface area (Å²) in [7, 11) is 0. The number of halogens is 2. The van der Waals surface area contributed by atoms with E-state index < -0.39 is 0 Å². The predicted octanol–water partition coefficient (Wildman–Crippen LogP) is 3.94. The maximum absolute atomic E-state index is 11.6. The fraction of sp³-hybridized carbons (Fsp3) is 0.125. The molecule has 0 saturated carbocycles. The average molecular weight is 382 g/mol. The number of hydrogen-bond acceptors (Lipinski definition) is 3. The molecule has 0 unspecified atom stereocenters. The molecule has 0 heterocycles. The molecule has 0 aromatic heterocycles. The zero-order valence-electron chi connectivity index (χ0n) is 11.8. The number of rotatable bonds is 5. The summed E-state index contributed by atoms with van der Waals surface area (Å²) < 4.78 is 6.36. The van der Waals surface area contributed by atoms with Gasteiger partial charge in [0.1, 0.15) is 5.75 Å². The van der Waals surface area contributed by atoms with E-state index in [1.807, 2.05) is 31.2 Å². The molecular formula is C16H14BrClN2O2. The Bertz CT molecular complexity index is 687. The van der Waals surface area contributed by atoms with Crippen molar-refractivity contribution in [1.82, 2.24) is 5.43 Å². The number of hydrogen-bond donors (Lipinski definition) is 1. The molecule has 0 bridgehead atoms. The number of ether oxygens (including phenoxy) is 1. The van der Waals surface area contributed by atoms with Gasteiger partial charge in [-0.25, -0.2) is 5.43 Å². The second kappa shape index (κ2) is 7.96. The number of benzene rings is 2. The maximum Gasteiger partial charge on any atom is 0.277 e. The summed E-state index contributed by atoms with van der Waals surface area (Å²) in [6.45, 7) is 1.76. The van der Waals surface area contributed by atoms with E-state index in [2.05, 4.69) is 26.5 Å². The van der Waals surface area contributed by atoms with Crippen LogP contribution in [0.2, 0.25) is 5.02 Å². The van der Waals surface area contributed by atoms with Crippen molar-refractivity contribution in [3.63, 3.8) is 0 Å². The van der Waals surface area contributed by atoms with Crippen molar-refractivity contribution in [3.8, 4) is 5.75 Å². The summed E-state index contributed by atoms with van der Waals surface area (Å²) >= 11 is 9.27. The van der Waals surface area contributed by atoms with E-state index in [1.54, 1.807) is 24.4 Å². The lowest BCUT2D eigenvalue weighted by molar-refractivity contribution is -0.123. The molecule has 0 radical (unpaired) electrons. The molecule has 0 spiro atoms. The lowest BCUT2D eigenvalue weighted by Crippen LogP contribution is -2.24. The summed E-state index contributed by atoms with van der Waals surface area (Å²) in [5, 5.41) is 4.54. The maximum atomic E-state index is 11.6. The monoisotopic (exact) mass is 380 g/mol. The highest BCUT2D eigenvalue weighted by atomic mass is 79.9. The zero-order chi connectivity index (χ0) is 15.9. The van der Waals surface area contributed by atoms with E-state index >= 15 is 0 Å². The Labute approximate surface area is 142 Å². The van der Waals surface area contributed by atoms with Crippen LogP contribution in [0.3, 0.4) is 0 Å². The van der Waals surface area contributed by atoms with E-state index in [0.717, 1.165) is 15.6 Å². The van der Waals surface area contributed by atoms with Crippen molar-refractivity contribution in [3.05, 3.63) is 63.1 Å². The van der Waals surface area contributed by atoms with Crippen molar-refractivity contribution in [2.45, 2.75) is 6.92 Å². The summed E-state index contributed by atoms with van der Waals surface area (Å²) in [5.74, 6) is 0.259. The van der Waals surface area contributed by atoms with Gasteiger partial charge in [-0.15, -0.1) is 0 Å². The molecule has 0 fully saturated rings. The van der Waals surface area contributed by atoms with Crippen LogP contribution in [-0.2, 0) is 4.79 Å². The van der Waals surface area contributed by atoms with Crippen LogP contribution in [0.5, 0.6) is 5.75 Å². The molecule has 0 aliphatic rings. The number of nitrogens with one attached hydrogen (secondary N) is 1. The van der Waals surface area contributed by atoms with Crippen LogP contribution >= 0.6 is 27.5 Å². The number of hydrazone groups is 1. The Morgan fingerprint density at radius 1 is 1.32 bits per heavy atom. The van der Waals surface area contributed by atoms with E-state index in [9.17, 15) is 4.79 Å². The van der Waals surface area contributed by atoms with Crippen LogP contribution in [-0.4, -0.2) is 18.7 Å². The summed E-state index contributed by atoms with van der Waals surface area (Å²) in [6.07, 6.45) is 1.57. The van der Waals surface area contributed by atoms with Gasteiger partial charge in [-0.2, -0.15) is 5.10 Å². The molecular weight excluding hydrogens is 368 g/mol. The Hall–Kier alpha value is -1.85. The van der Waals surface area contributed by atoms with Crippen molar-refractivity contribution in [1.29, 1.82) is 0 Å². The zero-order valence-corrected chi connectivity index (χ0v) is 14.2. The van der Waals surface area contributed by atoms with Gasteiger partial charge >= 0.3 is 0 Å². The Kier molecular flexibility index (Phi) is 5.98. The van der Waals surface area contributed by atoms with Crippen LogP contribution < -0.4 is 10.2 Å². The van der Waals surface area contributed by atoms with Gasteiger partial charge in [0.2, 0.25) is 0 Å². The number of aryl methyl sites for hydroxylation is 1. The molecule has 4 nitrogen and oxygen atoms in total. The van der Waals surface area contributed by atoms with Crippen molar-refractivity contribution in [2.75, 3.05) is 6.61 Å². The minimum absolute atomic E-state index is 0.112. The minimum Gasteiger partial charge on any atom is -0.484 e. The molecule has 1 N–H and O–H groups in total. The van der Waals surface area contributed by atoms with Gasteiger partial charge in [0.05, 0.1) is 6.21 Å². The van der Waals surface area contributed by atoms with Crippen molar-refractivity contribution < 1.29 is 9.53 Å². The van der Waals surface area contributed by atoms with Gasteiger partial charge in [0.25, 0.3) is 5.91 Å². The highest BCUT2D eigenvalue weighted by molar-refractivity contribution is 9.10. The second-order valence-electron chi connectivity index (χ2n) is 4.54. The van der Waals surface area contributed by atoms with E-state index in [0.29, 0.717) is 10.8 Å². The highest BCUT2D eigenvalue weighted by Gasteiger charge is 2.03. The second-order valence-corrected chi connectivity index (χ2v) is 5.87. The van der Waals surface area contributed by atoms with Crippen LogP contribution in [0.1, 0.15) is 11.1 Å². The summed E-state index contributed by atoms with van der Waals surface area (Å²) in [6, 6.07) is 12.8. The van der Waals surface area contributed by atoms with Crippen LogP contribution in [0, 0.1) is 6.92 Å². The molecule has 22 heavy (non-hydrogen) atoms. The topological polar surface area (TPSA) is 50.7 Å². The lowest BCUT2D eigenvalue weighted by Gasteiger charge is -2.06. The van der Waals surface area contributed by atoms with Gasteiger partial charge in [0, 0.05) is 9.50 Å². The average Bonchev–Trinajstić information content (AvgIpc) is 2.50. The molecule has 0 aliphatic heterocycles. The molecule has 6 heteroatoms. The molecule has 2 aromatic rings. The van der Waals surface area contributed by atoms with Crippen molar-refractivity contribution >= 4 is 39.7 Å². The highest BCUT2D eigenvalue weighted by Crippen LogP contribution is 2.20. The first kappa shape index (κ1) is 16.5. The first-order chi connectivity index (χ1) is 10.5. The Balaban J connectivity index is 1.80. The number of amides is 1. The number of carbonyl (C=O) groups is 1. The standard InChI is InChI=1S/C16H14BrClN2O2/c1-11-8-14(6-7-15(11)18)22-10-16(21)20-19-9-12-2-4-13(17)5-3-12/h2-9H,10H2,1H3,(H,20,21)/b19-9+. The fourth-order valence-electron chi connectivity index (χ4n) is 1.62. The fourth-order valence-corrected chi connectivity index (χ4v) is 2.00. The quantitative estimate of drug-likeness (QED) is 0.630. The van der Waals surface area contributed by atoms with Gasteiger partial charge in [-0.05, 0) is 48.4 Å². The number of nitrogens with zero attached hydrogens (tertiary/aromatic N) is 1. The lowest BCUT2D eigenvalue weighted by atomic mass is 10.2. The first-order valence-corrected chi connectivity index (χ1v) is 7.68. The Morgan fingerprint density at radius 3 is 2.73 bits per heavy atom. The first-order valence-electron chi connectivity index (χ1n) is 6.51. The SMILES string of the molecule is Cc1cc(OCC(=O)N/N=C/c2ccc(Br)cc2)ccc1Cl. The van der Waals surface area contributed by atoms with Crippen LogP contribution in [0.4, 0.5) is 0 Å². The molecule has 2 rings (SSSR count). The van der Waals surface area contributed by atoms with E-state index in [1.165, 1.54) is 0 Å². The van der Waals surface area contributed by atoms with E-state index in [-0.39, 0.29) is 12.5 Å². The normalized spacial score (nSPS) is 10.7. The third-order valence-electron chi connectivity index (χ3n) is 2.77. The van der Waals surface area contributed by atoms with Gasteiger partial charge in [0.15, 0.2) is 6.61 Å². The Morgan fingerprint density at radius 2 is 2.05 bits per heavy atom. The molecule has 1 amide bonds. The van der Waals surface area contributed by atoms with E-state index in [4.69, 9.17) is 16.3 Å². The molecule has 114 valence electrons. The molecule has 0 saturated heterocycles. The molecule has 0 atom stereocenters. The largest absolute Gasteiger partial charge is 0.484 e. The summed E-state index contributed by atoms with van der Waals surface area (Å²) in [5.41, 5.74) is 4.19. The van der Waals surface area contributed by atoms with Gasteiger partial charge in [-0.3, -0.25) is 4.79 Å². The molecule has 0 aliphatic carbocycles. The summed E-state index contributed by atoms with van der Waals surface area (Å²) in [4.78, 5) is 11.6. The van der Waals surface area contributed by atoms with Gasteiger partial charge in [-0.1, -0.05) is 39.7 Å². The minimum atomic E-state index is -0.332. The van der Waals surface area contributed by atoms with Crippen LogP contribution in [0.15, 0.2) is 52.0 Å². The predicted molar refractivity (Wildman–Crippen MR) is 91.6 cm³/mol. The van der Waals surface area contributed by atoms with Gasteiger partial charge < -0.3 is 4.74 Å². The molecule has 2 aromatic carbocycles. The third kappa shape index (κ3) is 5.16. The number of carbonyl (C=O) groups excluding carboxylic acids is 1.